The molecule has 0 bridgehead atoms. The van der Waals surface area contributed by atoms with E-state index >= 15 is 0 Å². The Labute approximate surface area is 241 Å². The average molecular weight is 567 g/mol. The molecule has 0 aliphatic carbocycles. The van der Waals surface area contributed by atoms with Crippen molar-refractivity contribution < 1.29 is 51.2 Å². The van der Waals surface area contributed by atoms with Crippen molar-refractivity contribution in [2.45, 2.75) is 29.0 Å². The SMILES string of the molecule is O=C1C[C@@H](c2ccc(C[C@H](NS(=O)(=O)c3ccccc3)c3nc4ccccc4[nH]3)cc2Cl)S(=O)(=O)[N-]1.[Na+]. The summed E-state index contributed by atoms with van der Waals surface area (Å²) in [6.07, 6.45) is -0.0908. The molecule has 5 rings (SSSR count). The molecule has 186 valence electrons. The molecule has 1 aliphatic rings. The van der Waals surface area contributed by atoms with E-state index in [4.69, 9.17) is 11.6 Å². The number of aromatic amines is 1. The molecule has 2 N–H and O–H groups in total. The minimum atomic E-state index is -3.98. The van der Waals surface area contributed by atoms with Gasteiger partial charge in [0.25, 0.3) is 0 Å². The van der Waals surface area contributed by atoms with Crippen molar-refractivity contribution in [1.82, 2.24) is 14.7 Å². The van der Waals surface area contributed by atoms with Crippen LogP contribution < -0.4 is 34.3 Å². The largest absolute Gasteiger partial charge is 1.00 e. The third kappa shape index (κ3) is 5.93. The minimum absolute atomic E-state index is 0. The number of nitrogens with one attached hydrogen (secondary N) is 2. The van der Waals surface area contributed by atoms with Crippen LogP contribution in [0.1, 0.15) is 34.7 Å². The number of para-hydroxylation sites is 2. The molecule has 2 heterocycles. The quantitative estimate of drug-likeness (QED) is 0.322. The second-order valence-electron chi connectivity index (χ2n) is 8.38. The van der Waals surface area contributed by atoms with Gasteiger partial charge in [0.15, 0.2) is 0 Å². The van der Waals surface area contributed by atoms with E-state index in [1.54, 1.807) is 30.3 Å². The van der Waals surface area contributed by atoms with Gasteiger partial charge in [0.2, 0.25) is 10.0 Å². The molecule has 4 aromatic rings. The molecule has 2 atom stereocenters. The van der Waals surface area contributed by atoms with Crippen LogP contribution in [0.15, 0.2) is 77.7 Å². The first-order valence-electron chi connectivity index (χ1n) is 10.9. The maximum Gasteiger partial charge on any atom is 1.00 e. The van der Waals surface area contributed by atoms with Gasteiger partial charge in [-0.3, -0.25) is 0 Å². The summed E-state index contributed by atoms with van der Waals surface area (Å²) >= 11 is 6.43. The molecular formula is C24H20ClN4NaO5S2. The number of rotatable bonds is 7. The molecule has 37 heavy (non-hydrogen) atoms. The van der Waals surface area contributed by atoms with Crippen LogP contribution in [0.5, 0.6) is 0 Å². The molecule has 13 heteroatoms. The van der Waals surface area contributed by atoms with E-state index in [0.29, 0.717) is 16.9 Å². The van der Waals surface area contributed by atoms with Crippen LogP contribution in [0, 0.1) is 0 Å². The predicted molar refractivity (Wildman–Crippen MR) is 135 cm³/mol. The predicted octanol–water partition coefficient (Wildman–Crippen LogP) is 1.16. The number of hydrogen-bond acceptors (Lipinski definition) is 6. The number of nitrogens with zero attached hydrogens (tertiary/aromatic N) is 2. The van der Waals surface area contributed by atoms with Gasteiger partial charge in [-0.2, -0.15) is 0 Å². The number of amides is 1. The summed E-state index contributed by atoms with van der Waals surface area (Å²) < 4.78 is 56.6. The fourth-order valence-electron chi connectivity index (χ4n) is 4.16. The van der Waals surface area contributed by atoms with Crippen molar-refractivity contribution in [3.05, 3.63) is 99.5 Å². The topological polar surface area (TPSA) is 140 Å². The Morgan fingerprint density at radius 2 is 1.78 bits per heavy atom. The third-order valence-corrected chi connectivity index (χ3v) is 9.30. The van der Waals surface area contributed by atoms with E-state index in [-0.39, 0.29) is 57.9 Å². The summed E-state index contributed by atoms with van der Waals surface area (Å²) in [5.74, 6) is -0.293. The third-order valence-electron chi connectivity index (χ3n) is 5.89. The average Bonchev–Trinajstić information content (AvgIpc) is 3.38. The van der Waals surface area contributed by atoms with Crippen LogP contribution in [-0.2, 0) is 31.3 Å². The first-order chi connectivity index (χ1) is 17.1. The molecule has 0 unspecified atom stereocenters. The van der Waals surface area contributed by atoms with Crippen molar-refractivity contribution in [2.24, 2.45) is 0 Å². The number of halogens is 1. The molecule has 0 saturated carbocycles. The summed E-state index contributed by atoms with van der Waals surface area (Å²) in [7, 11) is -7.87. The molecule has 0 spiro atoms. The number of hydrogen-bond donors (Lipinski definition) is 2. The normalized spacial score (nSPS) is 17.8. The van der Waals surface area contributed by atoms with Gasteiger partial charge in [-0.05, 0) is 47.9 Å². The summed E-state index contributed by atoms with van der Waals surface area (Å²) in [5, 5.41) is -0.977. The Bertz CT molecular complexity index is 1640. The zero-order valence-electron chi connectivity index (χ0n) is 19.6. The smallest absolute Gasteiger partial charge is 0.545 e. The van der Waals surface area contributed by atoms with E-state index in [1.165, 1.54) is 18.2 Å². The van der Waals surface area contributed by atoms with Gasteiger partial charge in [-0.1, -0.05) is 54.1 Å². The molecule has 1 fully saturated rings. The van der Waals surface area contributed by atoms with Crippen LogP contribution in [0.3, 0.4) is 0 Å². The Morgan fingerprint density at radius 1 is 1.08 bits per heavy atom. The molecule has 1 aliphatic heterocycles. The molecular weight excluding hydrogens is 547 g/mol. The van der Waals surface area contributed by atoms with Crippen LogP contribution >= 0.6 is 11.6 Å². The second-order valence-corrected chi connectivity index (χ2v) is 12.3. The maximum atomic E-state index is 13.1. The minimum Gasteiger partial charge on any atom is -0.545 e. The van der Waals surface area contributed by atoms with Crippen LogP contribution in [0.4, 0.5) is 0 Å². The first kappa shape index (κ1) is 27.8. The van der Waals surface area contributed by atoms with E-state index in [2.05, 4.69) is 19.4 Å². The monoisotopic (exact) mass is 566 g/mol. The van der Waals surface area contributed by atoms with Gasteiger partial charge in [0, 0.05) is 11.4 Å². The molecule has 3 aromatic carbocycles. The van der Waals surface area contributed by atoms with Gasteiger partial charge in [0.1, 0.15) is 15.8 Å². The van der Waals surface area contributed by atoms with Crippen molar-refractivity contribution in [3.8, 4) is 0 Å². The maximum absolute atomic E-state index is 13.1. The van der Waals surface area contributed by atoms with Crippen molar-refractivity contribution in [3.63, 3.8) is 0 Å². The summed E-state index contributed by atoms with van der Waals surface area (Å²) in [6, 6.07) is 19.3. The van der Waals surface area contributed by atoms with E-state index in [0.717, 1.165) is 5.52 Å². The molecule has 1 aromatic heterocycles. The molecule has 9 nitrogen and oxygen atoms in total. The zero-order chi connectivity index (χ0) is 25.5. The number of carbonyl (C=O) groups excluding carboxylic acids is 1. The Morgan fingerprint density at radius 3 is 2.43 bits per heavy atom. The summed E-state index contributed by atoms with van der Waals surface area (Å²) in [4.78, 5) is 19.4. The zero-order valence-corrected chi connectivity index (χ0v) is 24.0. The Hall–Kier alpha value is -2.25. The Balaban J connectivity index is 0.00000320. The molecule has 1 amide bonds. The number of aromatic nitrogens is 2. The molecule has 1 saturated heterocycles. The van der Waals surface area contributed by atoms with E-state index in [1.807, 2.05) is 24.3 Å². The van der Waals surface area contributed by atoms with Crippen LogP contribution in [-0.4, -0.2) is 32.7 Å². The number of carbonyl (C=O) groups is 1. The molecule has 0 radical (unpaired) electrons. The fraction of sp³-hybridized carbons (Fsp3) is 0.167. The van der Waals surface area contributed by atoms with Gasteiger partial charge in [-0.25, -0.2) is 26.5 Å². The van der Waals surface area contributed by atoms with E-state index in [9.17, 15) is 21.6 Å². The second kappa shape index (κ2) is 10.9. The van der Waals surface area contributed by atoms with Gasteiger partial charge >= 0.3 is 29.6 Å². The van der Waals surface area contributed by atoms with Crippen LogP contribution in [0.2, 0.25) is 5.02 Å². The van der Waals surface area contributed by atoms with Gasteiger partial charge < -0.3 is 14.5 Å². The van der Waals surface area contributed by atoms with E-state index < -0.39 is 37.2 Å². The standard InChI is InChI=1S/C24H21ClN4O5S2.Na/c25-18-12-15(10-11-17(18)22-14-23(30)29-36(22,33)34)13-21(24-26-19-8-4-5-9-20(19)27-24)28-35(31,32)16-6-2-1-3-7-16;/h1-12,21-22,28H,13-14H2,(H2,26,27,29,30);/q;+1/p-1/t21-,22-;/m0./s1. The number of fused-ring (bicyclic) bond motifs is 1. The van der Waals surface area contributed by atoms with Crippen molar-refractivity contribution in [1.29, 1.82) is 0 Å². The fourth-order valence-corrected chi connectivity index (χ4v) is 7.14. The van der Waals surface area contributed by atoms with Crippen LogP contribution in [0.25, 0.3) is 15.8 Å². The summed E-state index contributed by atoms with van der Waals surface area (Å²) in [5.41, 5.74) is 2.36. The summed E-state index contributed by atoms with van der Waals surface area (Å²) in [6.45, 7) is 0. The number of sulfonamides is 2. The van der Waals surface area contributed by atoms with Gasteiger partial charge in [0.05, 0.1) is 33.1 Å². The number of benzene rings is 3. The van der Waals surface area contributed by atoms with Crippen molar-refractivity contribution in [2.75, 3.05) is 0 Å². The van der Waals surface area contributed by atoms with Gasteiger partial charge in [-0.15, -0.1) is 0 Å². The number of imidazole rings is 1. The Kier molecular flexibility index (Phi) is 8.15. The number of H-pyrrole nitrogens is 1. The van der Waals surface area contributed by atoms with Crippen molar-refractivity contribution >= 4 is 48.6 Å². The first-order valence-corrected chi connectivity index (χ1v) is 14.3.